The number of amides is 3. The third kappa shape index (κ3) is 6.70. The lowest BCUT2D eigenvalue weighted by atomic mass is 10.00. The maximum absolute atomic E-state index is 13.2. The molecule has 0 aliphatic carbocycles. The van der Waals surface area contributed by atoms with Crippen molar-refractivity contribution in [1.82, 2.24) is 15.1 Å². The first-order valence-corrected chi connectivity index (χ1v) is 13.3. The SMILES string of the molecule is COC(=O)C[C@@H]1C[C@@H](CNC(=O)N2CCc3ccc(C(=N)N)cc3CC2)N(CCCc2ccccc2)C1=O. The summed E-state index contributed by atoms with van der Waals surface area (Å²) >= 11 is 0. The summed E-state index contributed by atoms with van der Waals surface area (Å²) in [4.78, 5) is 41.8. The fourth-order valence-corrected chi connectivity index (χ4v) is 5.42. The first kappa shape index (κ1) is 27.2. The van der Waals surface area contributed by atoms with Gasteiger partial charge in [-0.1, -0.05) is 42.5 Å². The Hall–Kier alpha value is -3.88. The van der Waals surface area contributed by atoms with Gasteiger partial charge in [0.1, 0.15) is 5.84 Å². The van der Waals surface area contributed by atoms with Crippen LogP contribution >= 0.6 is 0 Å². The highest BCUT2D eigenvalue weighted by Gasteiger charge is 2.40. The van der Waals surface area contributed by atoms with Gasteiger partial charge in [0.25, 0.3) is 0 Å². The topological polar surface area (TPSA) is 129 Å². The number of nitrogens with zero attached hydrogens (tertiary/aromatic N) is 2. The maximum Gasteiger partial charge on any atom is 0.317 e. The molecule has 38 heavy (non-hydrogen) atoms. The molecule has 9 heteroatoms. The van der Waals surface area contributed by atoms with Crippen LogP contribution in [0.15, 0.2) is 48.5 Å². The number of rotatable bonds is 9. The third-order valence-corrected chi connectivity index (χ3v) is 7.57. The van der Waals surface area contributed by atoms with Crippen molar-refractivity contribution in [3.8, 4) is 0 Å². The number of methoxy groups -OCH3 is 1. The molecule has 2 aromatic rings. The van der Waals surface area contributed by atoms with Crippen molar-refractivity contribution in [1.29, 1.82) is 5.41 Å². The van der Waals surface area contributed by atoms with Crippen LogP contribution in [-0.2, 0) is 33.6 Å². The molecular weight excluding hydrogens is 482 g/mol. The molecule has 9 nitrogen and oxygen atoms in total. The minimum absolute atomic E-state index is 0.0385. The number of carbonyl (C=O) groups is 3. The van der Waals surface area contributed by atoms with Crippen LogP contribution in [0.3, 0.4) is 0 Å². The quantitative estimate of drug-likeness (QED) is 0.266. The number of hydrogen-bond donors (Lipinski definition) is 3. The first-order valence-electron chi connectivity index (χ1n) is 13.3. The molecule has 0 bridgehead atoms. The Morgan fingerprint density at radius 1 is 1.11 bits per heavy atom. The number of carbonyl (C=O) groups excluding carboxylic acids is 3. The average Bonchev–Trinajstić information content (AvgIpc) is 3.07. The van der Waals surface area contributed by atoms with Crippen molar-refractivity contribution < 1.29 is 19.1 Å². The molecule has 4 rings (SSSR count). The number of nitrogens with two attached hydrogens (primary N) is 1. The summed E-state index contributed by atoms with van der Waals surface area (Å²) < 4.78 is 4.80. The summed E-state index contributed by atoms with van der Waals surface area (Å²) in [6.45, 7) is 2.07. The van der Waals surface area contributed by atoms with Gasteiger partial charge in [0.05, 0.1) is 19.4 Å². The summed E-state index contributed by atoms with van der Waals surface area (Å²) in [7, 11) is 1.33. The molecule has 0 unspecified atom stereocenters. The summed E-state index contributed by atoms with van der Waals surface area (Å²) in [5.74, 6) is -0.829. The third-order valence-electron chi connectivity index (χ3n) is 7.57. The molecule has 2 aromatic carbocycles. The molecule has 3 amide bonds. The molecule has 2 aliphatic heterocycles. The Morgan fingerprint density at radius 3 is 2.55 bits per heavy atom. The van der Waals surface area contributed by atoms with Gasteiger partial charge >= 0.3 is 12.0 Å². The van der Waals surface area contributed by atoms with Gasteiger partial charge in [-0.25, -0.2) is 4.79 Å². The normalized spacial score (nSPS) is 19.0. The largest absolute Gasteiger partial charge is 0.469 e. The highest BCUT2D eigenvalue weighted by atomic mass is 16.5. The van der Waals surface area contributed by atoms with E-state index < -0.39 is 11.9 Å². The molecule has 4 N–H and O–H groups in total. The molecule has 202 valence electrons. The highest BCUT2D eigenvalue weighted by Crippen LogP contribution is 2.28. The molecule has 1 fully saturated rings. The van der Waals surface area contributed by atoms with Gasteiger partial charge in [-0.3, -0.25) is 15.0 Å². The van der Waals surface area contributed by atoms with Gasteiger partial charge in [0, 0.05) is 37.8 Å². The second-order valence-electron chi connectivity index (χ2n) is 10.1. The monoisotopic (exact) mass is 519 g/mol. The number of urea groups is 1. The molecule has 2 atom stereocenters. The minimum atomic E-state index is -0.427. The van der Waals surface area contributed by atoms with Crippen LogP contribution in [0.1, 0.15) is 41.5 Å². The lowest BCUT2D eigenvalue weighted by molar-refractivity contribution is -0.144. The second kappa shape index (κ2) is 12.6. The van der Waals surface area contributed by atoms with Gasteiger partial charge < -0.3 is 25.6 Å². The van der Waals surface area contributed by atoms with Crippen molar-refractivity contribution >= 4 is 23.7 Å². The van der Waals surface area contributed by atoms with E-state index in [9.17, 15) is 14.4 Å². The Bertz CT molecular complexity index is 1170. The van der Waals surface area contributed by atoms with Crippen molar-refractivity contribution in [2.45, 2.75) is 44.6 Å². The van der Waals surface area contributed by atoms with Gasteiger partial charge in [-0.05, 0) is 54.9 Å². The number of fused-ring (bicyclic) bond motifs is 1. The number of nitrogen functional groups attached to an aromatic ring is 1. The molecule has 1 saturated heterocycles. The van der Waals surface area contributed by atoms with E-state index in [0.717, 1.165) is 24.8 Å². The average molecular weight is 520 g/mol. The zero-order chi connectivity index (χ0) is 27.1. The Balaban J connectivity index is 1.35. The van der Waals surface area contributed by atoms with E-state index in [1.54, 1.807) is 4.90 Å². The van der Waals surface area contributed by atoms with E-state index in [4.69, 9.17) is 15.9 Å². The number of ether oxygens (including phenoxy) is 1. The summed E-state index contributed by atoms with van der Waals surface area (Å²) in [6.07, 6.45) is 3.65. The Morgan fingerprint density at radius 2 is 1.84 bits per heavy atom. The first-order chi connectivity index (χ1) is 18.4. The lowest BCUT2D eigenvalue weighted by Crippen LogP contribution is -2.47. The number of amidine groups is 1. The van der Waals surface area contributed by atoms with Gasteiger partial charge in [0.15, 0.2) is 0 Å². The van der Waals surface area contributed by atoms with E-state index in [1.807, 2.05) is 41.3 Å². The smallest absolute Gasteiger partial charge is 0.317 e. The van der Waals surface area contributed by atoms with Crippen LogP contribution in [-0.4, -0.2) is 72.9 Å². The maximum atomic E-state index is 13.2. The minimum Gasteiger partial charge on any atom is -0.469 e. The molecule has 0 saturated carbocycles. The van der Waals surface area contributed by atoms with E-state index in [0.29, 0.717) is 44.6 Å². The standard InChI is InChI=1S/C29H37N5O4/c1-38-26(35)18-24-17-25(34(28(24)36)13-5-8-20-6-3-2-4-7-20)19-32-29(37)33-14-11-21-9-10-23(27(30)31)16-22(21)12-15-33/h2-4,6-7,9-10,16,24-25H,5,8,11-15,17-19H2,1H3,(H3,30,31)(H,32,37)/t24-,25-/m0/s1. The van der Waals surface area contributed by atoms with Crippen LogP contribution in [0.5, 0.6) is 0 Å². The molecule has 2 aliphatic rings. The number of aryl methyl sites for hydroxylation is 1. The van der Waals surface area contributed by atoms with Crippen molar-refractivity contribution in [2.75, 3.05) is 33.3 Å². The highest BCUT2D eigenvalue weighted by molar-refractivity contribution is 5.95. The summed E-state index contributed by atoms with van der Waals surface area (Å²) in [6, 6.07) is 15.6. The van der Waals surface area contributed by atoms with Gasteiger partial charge in [-0.2, -0.15) is 0 Å². The van der Waals surface area contributed by atoms with Crippen LogP contribution in [0.2, 0.25) is 0 Å². The number of likely N-dealkylation sites (tertiary alicyclic amines) is 1. The number of nitrogens with one attached hydrogen (secondary N) is 2. The van der Waals surface area contributed by atoms with Crippen molar-refractivity contribution in [3.63, 3.8) is 0 Å². The van der Waals surface area contributed by atoms with Crippen LogP contribution in [0.25, 0.3) is 0 Å². The zero-order valence-corrected chi connectivity index (χ0v) is 21.9. The van der Waals surface area contributed by atoms with Crippen LogP contribution < -0.4 is 11.1 Å². The zero-order valence-electron chi connectivity index (χ0n) is 21.9. The van der Waals surface area contributed by atoms with Crippen molar-refractivity contribution in [3.05, 3.63) is 70.8 Å². The molecule has 0 radical (unpaired) electrons. The number of benzene rings is 2. The second-order valence-corrected chi connectivity index (χ2v) is 10.1. The summed E-state index contributed by atoms with van der Waals surface area (Å²) in [5.41, 5.74) is 9.84. The van der Waals surface area contributed by atoms with Crippen LogP contribution in [0.4, 0.5) is 4.79 Å². The number of esters is 1. The lowest BCUT2D eigenvalue weighted by Gasteiger charge is -2.27. The van der Waals surface area contributed by atoms with Crippen LogP contribution in [0, 0.1) is 11.3 Å². The van der Waals surface area contributed by atoms with Gasteiger partial charge in [-0.15, -0.1) is 0 Å². The predicted molar refractivity (Wildman–Crippen MR) is 145 cm³/mol. The van der Waals surface area contributed by atoms with E-state index >= 15 is 0 Å². The fraction of sp³-hybridized carbons (Fsp3) is 0.448. The molecule has 0 spiro atoms. The van der Waals surface area contributed by atoms with Crippen molar-refractivity contribution in [2.24, 2.45) is 11.7 Å². The summed E-state index contributed by atoms with van der Waals surface area (Å²) in [5, 5.41) is 10.7. The van der Waals surface area contributed by atoms with E-state index in [-0.39, 0.29) is 30.2 Å². The molecule has 0 aromatic heterocycles. The predicted octanol–water partition coefficient (Wildman–Crippen LogP) is 2.49. The van der Waals surface area contributed by atoms with E-state index in [1.165, 1.54) is 18.2 Å². The molecule has 2 heterocycles. The molecular formula is C29H37N5O4. The van der Waals surface area contributed by atoms with E-state index in [2.05, 4.69) is 17.4 Å². The number of hydrogen-bond acceptors (Lipinski definition) is 5. The Labute approximate surface area is 223 Å². The Kier molecular flexibility index (Phi) is 8.99. The fourth-order valence-electron chi connectivity index (χ4n) is 5.42. The van der Waals surface area contributed by atoms with Gasteiger partial charge in [0.2, 0.25) is 5.91 Å².